The smallest absolute Gasteiger partial charge is 0.131 e. The topological polar surface area (TPSA) is 21.3 Å². The van der Waals surface area contributed by atoms with Gasteiger partial charge in [-0.2, -0.15) is 0 Å². The van der Waals surface area contributed by atoms with E-state index in [1.54, 1.807) is 6.07 Å². The van der Waals surface area contributed by atoms with Gasteiger partial charge < -0.3 is 10.1 Å². The van der Waals surface area contributed by atoms with Crippen LogP contribution in [0.5, 0.6) is 11.5 Å². The van der Waals surface area contributed by atoms with Gasteiger partial charge >= 0.3 is 0 Å². The van der Waals surface area contributed by atoms with Gasteiger partial charge in [-0.25, -0.2) is 4.39 Å². The van der Waals surface area contributed by atoms with Crippen LogP contribution in [0, 0.1) is 12.7 Å². The van der Waals surface area contributed by atoms with Gasteiger partial charge in [-0.1, -0.05) is 33.6 Å². The summed E-state index contributed by atoms with van der Waals surface area (Å²) in [6.07, 6.45) is 2.50. The van der Waals surface area contributed by atoms with Gasteiger partial charge in [0, 0.05) is 28.7 Å². The van der Waals surface area contributed by atoms with Crippen LogP contribution in [0.25, 0.3) is 0 Å². The molecule has 0 heterocycles. The SMILES string of the molecule is Cc1ccc(Oc2cc(F)cc(Br)c2)c(CNC2CC2)c1. The average molecular weight is 350 g/mol. The van der Waals surface area contributed by atoms with Crippen molar-refractivity contribution in [3.8, 4) is 11.5 Å². The highest BCUT2D eigenvalue weighted by Crippen LogP contribution is 2.30. The number of rotatable bonds is 5. The molecule has 2 nitrogen and oxygen atoms in total. The van der Waals surface area contributed by atoms with Crippen LogP contribution < -0.4 is 10.1 Å². The van der Waals surface area contributed by atoms with Crippen molar-refractivity contribution < 1.29 is 9.13 Å². The van der Waals surface area contributed by atoms with E-state index in [1.165, 1.54) is 30.5 Å². The van der Waals surface area contributed by atoms with E-state index < -0.39 is 0 Å². The second kappa shape index (κ2) is 6.16. The maximum Gasteiger partial charge on any atom is 0.131 e. The molecular weight excluding hydrogens is 333 g/mol. The minimum absolute atomic E-state index is 0.316. The molecule has 1 aliphatic rings. The van der Waals surface area contributed by atoms with E-state index in [2.05, 4.69) is 34.2 Å². The van der Waals surface area contributed by atoms with Crippen LogP contribution in [0.15, 0.2) is 40.9 Å². The van der Waals surface area contributed by atoms with Gasteiger partial charge in [-0.05, 0) is 38.0 Å². The number of hydrogen-bond donors (Lipinski definition) is 1. The lowest BCUT2D eigenvalue weighted by molar-refractivity contribution is 0.466. The molecule has 1 aliphatic carbocycles. The summed E-state index contributed by atoms with van der Waals surface area (Å²) in [5.41, 5.74) is 2.29. The first-order chi connectivity index (χ1) is 10.1. The van der Waals surface area contributed by atoms with E-state index in [4.69, 9.17) is 4.74 Å². The Morgan fingerprint density at radius 2 is 2.05 bits per heavy atom. The Bertz CT molecular complexity index is 635. The van der Waals surface area contributed by atoms with Crippen LogP contribution in [-0.2, 0) is 6.54 Å². The van der Waals surface area contributed by atoms with Crippen molar-refractivity contribution >= 4 is 15.9 Å². The fourth-order valence-corrected chi connectivity index (χ4v) is 2.65. The maximum atomic E-state index is 13.4. The quantitative estimate of drug-likeness (QED) is 0.825. The molecule has 1 saturated carbocycles. The van der Waals surface area contributed by atoms with E-state index in [9.17, 15) is 4.39 Å². The van der Waals surface area contributed by atoms with Crippen LogP contribution in [0.2, 0.25) is 0 Å². The lowest BCUT2D eigenvalue weighted by Crippen LogP contribution is -2.15. The summed E-state index contributed by atoms with van der Waals surface area (Å²) in [7, 11) is 0. The second-order valence-electron chi connectivity index (χ2n) is 5.47. The summed E-state index contributed by atoms with van der Waals surface area (Å²) >= 11 is 3.28. The number of halogens is 2. The molecule has 2 aromatic carbocycles. The van der Waals surface area contributed by atoms with E-state index in [0.717, 1.165) is 17.9 Å². The number of aryl methyl sites for hydroxylation is 1. The van der Waals surface area contributed by atoms with Crippen molar-refractivity contribution in [2.45, 2.75) is 32.4 Å². The molecule has 21 heavy (non-hydrogen) atoms. The minimum Gasteiger partial charge on any atom is -0.457 e. The van der Waals surface area contributed by atoms with Gasteiger partial charge in [0.05, 0.1) is 0 Å². The molecular formula is C17H17BrFNO. The maximum absolute atomic E-state index is 13.4. The molecule has 4 heteroatoms. The fraction of sp³-hybridized carbons (Fsp3) is 0.294. The Hall–Kier alpha value is -1.39. The van der Waals surface area contributed by atoms with E-state index in [1.807, 2.05) is 12.1 Å². The highest BCUT2D eigenvalue weighted by Gasteiger charge is 2.20. The first-order valence-corrected chi connectivity index (χ1v) is 7.86. The third-order valence-electron chi connectivity index (χ3n) is 3.44. The number of hydrogen-bond acceptors (Lipinski definition) is 2. The molecule has 0 aliphatic heterocycles. The largest absolute Gasteiger partial charge is 0.457 e. The standard InChI is InChI=1S/C17H17BrFNO/c1-11-2-5-17(12(6-11)10-20-15-3-4-15)21-16-8-13(18)7-14(19)9-16/h2,5-9,15,20H,3-4,10H2,1H3. The van der Waals surface area contributed by atoms with Crippen molar-refractivity contribution in [2.75, 3.05) is 0 Å². The van der Waals surface area contributed by atoms with E-state index in [0.29, 0.717) is 16.3 Å². The Morgan fingerprint density at radius 1 is 1.24 bits per heavy atom. The van der Waals surface area contributed by atoms with Crippen LogP contribution >= 0.6 is 15.9 Å². The zero-order valence-electron chi connectivity index (χ0n) is 11.8. The van der Waals surface area contributed by atoms with Gasteiger partial charge in [-0.15, -0.1) is 0 Å². The molecule has 0 spiro atoms. The lowest BCUT2D eigenvalue weighted by atomic mass is 10.1. The Morgan fingerprint density at radius 3 is 2.76 bits per heavy atom. The van der Waals surface area contributed by atoms with Gasteiger partial charge in [0.15, 0.2) is 0 Å². The molecule has 1 N–H and O–H groups in total. The molecule has 0 unspecified atom stereocenters. The predicted molar refractivity (Wildman–Crippen MR) is 85.2 cm³/mol. The van der Waals surface area contributed by atoms with Crippen LogP contribution in [0.1, 0.15) is 24.0 Å². The van der Waals surface area contributed by atoms with Crippen molar-refractivity contribution in [1.82, 2.24) is 5.32 Å². The highest BCUT2D eigenvalue weighted by atomic mass is 79.9. The van der Waals surface area contributed by atoms with Crippen LogP contribution in [0.4, 0.5) is 4.39 Å². The summed E-state index contributed by atoms with van der Waals surface area (Å²) in [6.45, 7) is 2.83. The molecule has 1 fully saturated rings. The summed E-state index contributed by atoms with van der Waals surface area (Å²) in [4.78, 5) is 0. The van der Waals surface area contributed by atoms with Crippen molar-refractivity contribution in [1.29, 1.82) is 0 Å². The van der Waals surface area contributed by atoms with Gasteiger partial charge in [0.1, 0.15) is 17.3 Å². The predicted octanol–water partition coefficient (Wildman–Crippen LogP) is 4.94. The number of nitrogens with one attached hydrogen (secondary N) is 1. The Kier molecular flexibility index (Phi) is 4.27. The van der Waals surface area contributed by atoms with Gasteiger partial charge in [-0.3, -0.25) is 0 Å². The zero-order chi connectivity index (χ0) is 14.8. The highest BCUT2D eigenvalue weighted by molar-refractivity contribution is 9.10. The molecule has 0 amide bonds. The number of ether oxygens (including phenoxy) is 1. The van der Waals surface area contributed by atoms with Gasteiger partial charge in [0.25, 0.3) is 0 Å². The Balaban J connectivity index is 1.82. The first kappa shape index (κ1) is 14.5. The third-order valence-corrected chi connectivity index (χ3v) is 3.90. The Labute approximate surface area is 132 Å². The summed E-state index contributed by atoms with van der Waals surface area (Å²) in [5, 5.41) is 3.49. The van der Waals surface area contributed by atoms with Crippen LogP contribution in [0.3, 0.4) is 0 Å². The summed E-state index contributed by atoms with van der Waals surface area (Å²) in [6, 6.07) is 11.3. The monoisotopic (exact) mass is 349 g/mol. The van der Waals surface area contributed by atoms with Gasteiger partial charge in [0.2, 0.25) is 0 Å². The van der Waals surface area contributed by atoms with Crippen molar-refractivity contribution in [3.63, 3.8) is 0 Å². The molecule has 0 atom stereocenters. The van der Waals surface area contributed by atoms with Crippen molar-refractivity contribution in [2.24, 2.45) is 0 Å². The molecule has 0 radical (unpaired) electrons. The first-order valence-electron chi connectivity index (χ1n) is 7.07. The van der Waals surface area contributed by atoms with Crippen molar-refractivity contribution in [3.05, 3.63) is 57.8 Å². The lowest BCUT2D eigenvalue weighted by Gasteiger charge is -2.13. The summed E-state index contributed by atoms with van der Waals surface area (Å²) < 4.78 is 20.0. The average Bonchev–Trinajstić information content (AvgIpc) is 3.22. The molecule has 0 aromatic heterocycles. The minimum atomic E-state index is -0.316. The molecule has 3 rings (SSSR count). The third kappa shape index (κ3) is 4.05. The van der Waals surface area contributed by atoms with Crippen LogP contribution in [-0.4, -0.2) is 6.04 Å². The summed E-state index contributed by atoms with van der Waals surface area (Å²) in [5.74, 6) is 0.953. The second-order valence-corrected chi connectivity index (χ2v) is 6.39. The van der Waals surface area contributed by atoms with E-state index >= 15 is 0 Å². The molecule has 2 aromatic rings. The molecule has 0 saturated heterocycles. The fourth-order valence-electron chi connectivity index (χ4n) is 2.20. The van der Waals surface area contributed by atoms with E-state index in [-0.39, 0.29) is 5.82 Å². The number of benzene rings is 2. The molecule has 110 valence electrons. The molecule has 0 bridgehead atoms. The normalized spacial score (nSPS) is 14.2. The zero-order valence-corrected chi connectivity index (χ0v) is 13.4.